The Hall–Kier alpha value is -3.46. The molecular formula is C21H18N2O6S. The molecule has 3 amide bonds. The molecule has 2 aliphatic rings. The zero-order chi connectivity index (χ0) is 21.3. The monoisotopic (exact) mass is 426 g/mol. The van der Waals surface area contributed by atoms with Crippen LogP contribution < -0.4 is 19.5 Å². The van der Waals surface area contributed by atoms with Crippen molar-refractivity contribution in [2.45, 2.75) is 6.92 Å². The Kier molecular flexibility index (Phi) is 5.37. The van der Waals surface area contributed by atoms with Crippen molar-refractivity contribution in [2.75, 3.05) is 25.8 Å². The summed E-state index contributed by atoms with van der Waals surface area (Å²) in [6.07, 6.45) is 1.61. The lowest BCUT2D eigenvalue weighted by Gasteiger charge is -2.12. The van der Waals surface area contributed by atoms with Crippen LogP contribution in [-0.4, -0.2) is 42.4 Å². The van der Waals surface area contributed by atoms with Gasteiger partial charge in [0.1, 0.15) is 12.3 Å². The van der Waals surface area contributed by atoms with Crippen molar-refractivity contribution in [1.82, 2.24) is 4.90 Å². The number of anilines is 1. The van der Waals surface area contributed by atoms with E-state index in [2.05, 4.69) is 5.32 Å². The summed E-state index contributed by atoms with van der Waals surface area (Å²) in [7, 11) is 1.57. The minimum atomic E-state index is -0.509. The third-order valence-corrected chi connectivity index (χ3v) is 5.47. The molecule has 0 unspecified atom stereocenters. The first-order valence-corrected chi connectivity index (χ1v) is 9.86. The normalized spacial score (nSPS) is 16.3. The van der Waals surface area contributed by atoms with Crippen LogP contribution in [0.5, 0.6) is 17.2 Å². The van der Waals surface area contributed by atoms with Crippen LogP contribution in [0.4, 0.5) is 10.5 Å². The van der Waals surface area contributed by atoms with E-state index < -0.39 is 17.1 Å². The molecule has 0 saturated carbocycles. The number of imide groups is 1. The summed E-state index contributed by atoms with van der Waals surface area (Å²) >= 11 is 0.800. The van der Waals surface area contributed by atoms with Gasteiger partial charge in [0.25, 0.3) is 11.1 Å². The highest BCUT2D eigenvalue weighted by Crippen LogP contribution is 2.35. The molecule has 154 valence electrons. The Bertz CT molecular complexity index is 1080. The maximum Gasteiger partial charge on any atom is 0.294 e. The average Bonchev–Trinajstić information content (AvgIpc) is 3.29. The van der Waals surface area contributed by atoms with Crippen LogP contribution in [0.15, 0.2) is 41.3 Å². The number of hydrogen-bond acceptors (Lipinski definition) is 7. The quantitative estimate of drug-likeness (QED) is 0.732. The van der Waals surface area contributed by atoms with Crippen LogP contribution in [0.2, 0.25) is 0 Å². The smallest absolute Gasteiger partial charge is 0.294 e. The standard InChI is InChI=1S/C21H18N2O6S/c1-12-3-4-13(7-16(12)27-2)8-18-20(25)23(21(26)30-18)10-19(24)22-14-5-6-15-17(9-14)29-11-28-15/h3-9H,10-11H2,1-2H3,(H,22,24)/b18-8+. The largest absolute Gasteiger partial charge is 0.496 e. The molecule has 0 aliphatic carbocycles. The molecule has 2 heterocycles. The van der Waals surface area contributed by atoms with Gasteiger partial charge < -0.3 is 19.5 Å². The molecular weight excluding hydrogens is 408 g/mol. The molecule has 8 nitrogen and oxygen atoms in total. The highest BCUT2D eigenvalue weighted by atomic mass is 32.2. The summed E-state index contributed by atoms with van der Waals surface area (Å²) in [4.78, 5) is 38.5. The molecule has 0 radical (unpaired) electrons. The molecule has 1 fully saturated rings. The summed E-state index contributed by atoms with van der Waals surface area (Å²) < 4.78 is 15.8. The van der Waals surface area contributed by atoms with Crippen molar-refractivity contribution in [2.24, 2.45) is 0 Å². The van der Waals surface area contributed by atoms with Gasteiger partial charge in [-0.25, -0.2) is 0 Å². The van der Waals surface area contributed by atoms with Crippen LogP contribution in [-0.2, 0) is 9.59 Å². The Morgan fingerprint density at radius 2 is 2.00 bits per heavy atom. The predicted octanol–water partition coefficient (Wildman–Crippen LogP) is 3.41. The number of hydrogen-bond donors (Lipinski definition) is 1. The van der Waals surface area contributed by atoms with E-state index in [4.69, 9.17) is 14.2 Å². The lowest BCUT2D eigenvalue weighted by Crippen LogP contribution is -2.36. The minimum absolute atomic E-state index is 0.128. The SMILES string of the molecule is COc1cc(/C=C2/SC(=O)N(CC(=O)Nc3ccc4c(c3)OCO4)C2=O)ccc1C. The zero-order valence-electron chi connectivity index (χ0n) is 16.3. The first kappa shape index (κ1) is 19.8. The molecule has 0 atom stereocenters. The summed E-state index contributed by atoms with van der Waals surface area (Å²) in [5.74, 6) is 0.804. The number of fused-ring (bicyclic) bond motifs is 1. The molecule has 1 N–H and O–H groups in total. The van der Waals surface area contributed by atoms with Crippen molar-refractivity contribution >= 4 is 40.6 Å². The van der Waals surface area contributed by atoms with Gasteiger partial charge in [-0.05, 0) is 54.1 Å². The number of nitrogens with zero attached hydrogens (tertiary/aromatic N) is 1. The molecule has 0 aromatic heterocycles. The summed E-state index contributed by atoms with van der Waals surface area (Å²) in [6.45, 7) is 1.66. The maximum absolute atomic E-state index is 12.7. The second-order valence-electron chi connectivity index (χ2n) is 6.61. The fraction of sp³-hybridized carbons (Fsp3) is 0.190. The molecule has 0 spiro atoms. The second kappa shape index (κ2) is 8.11. The molecule has 0 bridgehead atoms. The second-order valence-corrected chi connectivity index (χ2v) is 7.61. The average molecular weight is 426 g/mol. The van der Waals surface area contributed by atoms with Gasteiger partial charge in [0.15, 0.2) is 11.5 Å². The van der Waals surface area contributed by atoms with E-state index in [1.165, 1.54) is 0 Å². The lowest BCUT2D eigenvalue weighted by atomic mass is 10.1. The molecule has 9 heteroatoms. The van der Waals surface area contributed by atoms with Gasteiger partial charge in [-0.1, -0.05) is 12.1 Å². The van der Waals surface area contributed by atoms with Gasteiger partial charge in [-0.3, -0.25) is 19.3 Å². The van der Waals surface area contributed by atoms with Gasteiger partial charge in [-0.15, -0.1) is 0 Å². The topological polar surface area (TPSA) is 94.2 Å². The Morgan fingerprint density at radius 3 is 2.80 bits per heavy atom. The third kappa shape index (κ3) is 3.97. The fourth-order valence-corrected chi connectivity index (χ4v) is 3.87. The van der Waals surface area contributed by atoms with Gasteiger partial charge in [0.2, 0.25) is 12.7 Å². The maximum atomic E-state index is 12.7. The highest BCUT2D eigenvalue weighted by molar-refractivity contribution is 8.18. The van der Waals surface area contributed by atoms with E-state index in [0.717, 1.165) is 27.8 Å². The number of rotatable bonds is 5. The van der Waals surface area contributed by atoms with E-state index in [1.54, 1.807) is 37.5 Å². The number of amides is 3. The van der Waals surface area contributed by atoms with Gasteiger partial charge in [0.05, 0.1) is 12.0 Å². The van der Waals surface area contributed by atoms with Crippen LogP contribution in [0.3, 0.4) is 0 Å². The Labute approximate surface area is 176 Å². The van der Waals surface area contributed by atoms with Crippen LogP contribution in [0, 0.1) is 6.92 Å². The predicted molar refractivity (Wildman–Crippen MR) is 112 cm³/mol. The van der Waals surface area contributed by atoms with Crippen molar-refractivity contribution in [3.05, 3.63) is 52.4 Å². The fourth-order valence-electron chi connectivity index (χ4n) is 3.03. The number of aryl methyl sites for hydroxylation is 1. The van der Waals surface area contributed by atoms with Crippen LogP contribution >= 0.6 is 11.8 Å². The van der Waals surface area contributed by atoms with E-state index >= 15 is 0 Å². The van der Waals surface area contributed by atoms with E-state index in [-0.39, 0.29) is 18.2 Å². The van der Waals surface area contributed by atoms with E-state index in [1.807, 2.05) is 19.1 Å². The number of methoxy groups -OCH3 is 1. The summed E-state index contributed by atoms with van der Waals surface area (Å²) in [6, 6.07) is 10.4. The van der Waals surface area contributed by atoms with Crippen LogP contribution in [0.1, 0.15) is 11.1 Å². The molecule has 30 heavy (non-hydrogen) atoms. The number of nitrogens with one attached hydrogen (secondary N) is 1. The van der Waals surface area contributed by atoms with Crippen LogP contribution in [0.25, 0.3) is 6.08 Å². The number of carbonyl (C=O) groups is 3. The van der Waals surface area contributed by atoms with Gasteiger partial charge >= 0.3 is 0 Å². The van der Waals surface area contributed by atoms with Crippen molar-refractivity contribution in [3.8, 4) is 17.2 Å². The third-order valence-electron chi connectivity index (χ3n) is 4.56. The molecule has 2 aliphatic heterocycles. The molecule has 2 aromatic carbocycles. The Morgan fingerprint density at radius 1 is 1.20 bits per heavy atom. The van der Waals surface area contributed by atoms with E-state index in [0.29, 0.717) is 22.9 Å². The Balaban J connectivity index is 1.44. The molecule has 4 rings (SSSR count). The first-order chi connectivity index (χ1) is 14.4. The van der Waals surface area contributed by atoms with Crippen molar-refractivity contribution in [1.29, 1.82) is 0 Å². The number of carbonyl (C=O) groups excluding carboxylic acids is 3. The highest BCUT2D eigenvalue weighted by Gasteiger charge is 2.36. The number of ether oxygens (including phenoxy) is 3. The zero-order valence-corrected chi connectivity index (χ0v) is 17.1. The first-order valence-electron chi connectivity index (χ1n) is 9.04. The molecule has 2 aromatic rings. The van der Waals surface area contributed by atoms with Crippen molar-refractivity contribution in [3.63, 3.8) is 0 Å². The van der Waals surface area contributed by atoms with Gasteiger partial charge in [0, 0.05) is 11.8 Å². The minimum Gasteiger partial charge on any atom is -0.496 e. The summed E-state index contributed by atoms with van der Waals surface area (Å²) in [5, 5.41) is 2.17. The molecule has 1 saturated heterocycles. The van der Waals surface area contributed by atoms with E-state index in [9.17, 15) is 14.4 Å². The number of benzene rings is 2. The van der Waals surface area contributed by atoms with Crippen molar-refractivity contribution < 1.29 is 28.6 Å². The lowest BCUT2D eigenvalue weighted by molar-refractivity contribution is -0.127. The summed E-state index contributed by atoms with van der Waals surface area (Å²) in [5.41, 5.74) is 2.18. The van der Waals surface area contributed by atoms with Gasteiger partial charge in [-0.2, -0.15) is 0 Å². The number of thioether (sulfide) groups is 1.